The summed E-state index contributed by atoms with van der Waals surface area (Å²) in [5.41, 5.74) is 0.712. The lowest BCUT2D eigenvalue weighted by Gasteiger charge is -2.22. The minimum atomic E-state index is -0.850. The van der Waals surface area contributed by atoms with Crippen molar-refractivity contribution in [3.8, 4) is 0 Å². The molecule has 25 heavy (non-hydrogen) atoms. The van der Waals surface area contributed by atoms with Crippen LogP contribution in [0.1, 0.15) is 25.3 Å². The van der Waals surface area contributed by atoms with Gasteiger partial charge in [-0.1, -0.05) is 41.4 Å². The van der Waals surface area contributed by atoms with Crippen molar-refractivity contribution in [2.45, 2.75) is 32.4 Å². The Hall–Kier alpha value is -1.85. The molecule has 0 bridgehead atoms. The second-order valence-corrected chi connectivity index (χ2v) is 7.18. The number of halogens is 2. The van der Waals surface area contributed by atoms with Crippen molar-refractivity contribution in [3.63, 3.8) is 0 Å². The van der Waals surface area contributed by atoms with E-state index in [0.29, 0.717) is 28.5 Å². The Bertz CT molecular complexity index is 737. The van der Waals surface area contributed by atoms with E-state index >= 15 is 0 Å². The van der Waals surface area contributed by atoms with Crippen LogP contribution >= 0.6 is 23.2 Å². The van der Waals surface area contributed by atoms with Gasteiger partial charge in [0, 0.05) is 16.6 Å². The number of likely N-dealkylation sites (tertiary alicyclic amines) is 1. The van der Waals surface area contributed by atoms with Crippen LogP contribution in [0.5, 0.6) is 0 Å². The first-order valence-corrected chi connectivity index (χ1v) is 8.89. The molecule has 1 aromatic rings. The number of benzene rings is 1. The molecule has 0 saturated carbocycles. The van der Waals surface area contributed by atoms with Crippen molar-refractivity contribution in [2.24, 2.45) is 11.8 Å². The molecule has 1 aliphatic heterocycles. The van der Waals surface area contributed by atoms with Crippen molar-refractivity contribution in [1.82, 2.24) is 10.2 Å². The largest absolute Gasteiger partial charge is 0.350 e. The lowest BCUT2D eigenvalue weighted by Crippen LogP contribution is -2.48. The van der Waals surface area contributed by atoms with Gasteiger partial charge in [0.05, 0.1) is 11.8 Å². The quantitative estimate of drug-likeness (QED) is 0.644. The van der Waals surface area contributed by atoms with Crippen molar-refractivity contribution in [1.29, 1.82) is 0 Å². The van der Waals surface area contributed by atoms with E-state index in [-0.39, 0.29) is 36.1 Å². The Morgan fingerprint density at radius 2 is 1.80 bits per heavy atom. The van der Waals surface area contributed by atoms with Crippen LogP contribution in [0.3, 0.4) is 0 Å². The molecule has 5 nitrogen and oxygen atoms in total. The van der Waals surface area contributed by atoms with Crippen LogP contribution in [0, 0.1) is 11.8 Å². The van der Waals surface area contributed by atoms with Crippen LogP contribution < -0.4 is 5.32 Å². The molecule has 3 atom stereocenters. The van der Waals surface area contributed by atoms with E-state index in [1.807, 2.05) is 12.2 Å². The number of hydrogen-bond acceptors (Lipinski definition) is 3. The fraction of sp³-hybridized carbons (Fsp3) is 0.389. The molecule has 0 aromatic heterocycles. The highest BCUT2D eigenvalue weighted by Crippen LogP contribution is 2.36. The molecular formula is C18H18Cl2N2O3. The Labute approximate surface area is 156 Å². The summed E-state index contributed by atoms with van der Waals surface area (Å²) >= 11 is 11.9. The number of carbonyl (C=O) groups excluding carboxylic acids is 3. The standard InChI is InChI=1S/C18H18Cl2N2O3/c1-10(16(23)21-9-11-6-7-12(19)8-15(11)20)22-17(24)13-4-2-3-5-14(13)18(22)25/h2-3,6-8,10,13-14H,4-5,9H2,1H3,(H,21,23)/t10-,13+,14+/m0/s1. The maximum atomic E-state index is 12.5. The zero-order valence-electron chi connectivity index (χ0n) is 13.7. The van der Waals surface area contributed by atoms with E-state index in [9.17, 15) is 14.4 Å². The van der Waals surface area contributed by atoms with Gasteiger partial charge in [-0.2, -0.15) is 0 Å². The van der Waals surface area contributed by atoms with Gasteiger partial charge in [0.15, 0.2) is 0 Å². The van der Waals surface area contributed by atoms with Gasteiger partial charge in [0.25, 0.3) is 0 Å². The molecule has 1 aliphatic carbocycles. The first-order chi connectivity index (χ1) is 11.9. The molecule has 1 saturated heterocycles. The minimum absolute atomic E-state index is 0.198. The fourth-order valence-electron chi connectivity index (χ4n) is 3.32. The normalized spacial score (nSPS) is 23.6. The van der Waals surface area contributed by atoms with Crippen molar-refractivity contribution < 1.29 is 14.4 Å². The number of nitrogens with zero attached hydrogens (tertiary/aromatic N) is 1. The Morgan fingerprint density at radius 3 is 2.36 bits per heavy atom. The van der Waals surface area contributed by atoms with Crippen LogP contribution in [0.2, 0.25) is 10.0 Å². The predicted molar refractivity (Wildman–Crippen MR) is 95.0 cm³/mol. The zero-order valence-corrected chi connectivity index (χ0v) is 15.2. The molecule has 1 aromatic carbocycles. The number of carbonyl (C=O) groups is 3. The number of rotatable bonds is 4. The lowest BCUT2D eigenvalue weighted by atomic mass is 9.85. The van der Waals surface area contributed by atoms with Crippen molar-refractivity contribution in [3.05, 3.63) is 46.0 Å². The van der Waals surface area contributed by atoms with Crippen LogP contribution in [0.15, 0.2) is 30.4 Å². The maximum absolute atomic E-state index is 12.5. The molecule has 1 fully saturated rings. The van der Waals surface area contributed by atoms with Crippen LogP contribution in [-0.2, 0) is 20.9 Å². The van der Waals surface area contributed by atoms with E-state index < -0.39 is 6.04 Å². The summed E-state index contributed by atoms with van der Waals surface area (Å²) in [5.74, 6) is -1.57. The highest BCUT2D eigenvalue weighted by atomic mass is 35.5. The molecule has 0 radical (unpaired) electrons. The molecular weight excluding hydrogens is 363 g/mol. The maximum Gasteiger partial charge on any atom is 0.243 e. The third-order valence-corrected chi connectivity index (χ3v) is 5.36. The first-order valence-electron chi connectivity index (χ1n) is 8.13. The first kappa shape index (κ1) is 18.0. The number of amides is 3. The lowest BCUT2D eigenvalue weighted by molar-refractivity contribution is -0.147. The Kier molecular flexibility index (Phi) is 5.16. The number of fused-ring (bicyclic) bond motifs is 1. The van der Waals surface area contributed by atoms with Gasteiger partial charge in [0.1, 0.15) is 6.04 Å². The SMILES string of the molecule is C[C@@H](C(=O)NCc1ccc(Cl)cc1Cl)N1C(=O)[C@@H]2CC=CC[C@H]2C1=O. The van der Waals surface area contributed by atoms with Crippen molar-refractivity contribution in [2.75, 3.05) is 0 Å². The molecule has 1 N–H and O–H groups in total. The molecule has 3 rings (SSSR count). The van der Waals surface area contributed by atoms with Gasteiger partial charge in [-0.15, -0.1) is 0 Å². The Morgan fingerprint density at radius 1 is 1.20 bits per heavy atom. The zero-order chi connectivity index (χ0) is 18.1. The molecule has 1 heterocycles. The van der Waals surface area contributed by atoms with Gasteiger partial charge in [-0.3, -0.25) is 19.3 Å². The molecule has 0 spiro atoms. The van der Waals surface area contributed by atoms with Gasteiger partial charge in [0.2, 0.25) is 17.7 Å². The summed E-state index contributed by atoms with van der Waals surface area (Å²) in [7, 11) is 0. The Balaban J connectivity index is 1.66. The van der Waals surface area contributed by atoms with E-state index in [2.05, 4.69) is 5.32 Å². The summed E-state index contributed by atoms with van der Waals surface area (Å²) in [6, 6.07) is 4.15. The number of nitrogens with one attached hydrogen (secondary N) is 1. The summed E-state index contributed by atoms with van der Waals surface area (Å²) < 4.78 is 0. The van der Waals surface area contributed by atoms with E-state index in [1.165, 1.54) is 0 Å². The van der Waals surface area contributed by atoms with Crippen LogP contribution in [-0.4, -0.2) is 28.7 Å². The van der Waals surface area contributed by atoms with Crippen LogP contribution in [0.25, 0.3) is 0 Å². The smallest absolute Gasteiger partial charge is 0.243 e. The third kappa shape index (κ3) is 3.44. The monoisotopic (exact) mass is 380 g/mol. The molecule has 132 valence electrons. The van der Waals surface area contributed by atoms with Crippen molar-refractivity contribution >= 4 is 40.9 Å². The predicted octanol–water partition coefficient (Wildman–Crippen LogP) is 2.95. The number of allylic oxidation sites excluding steroid dienone is 2. The van der Waals surface area contributed by atoms with Gasteiger partial charge < -0.3 is 5.32 Å². The minimum Gasteiger partial charge on any atom is -0.350 e. The fourth-order valence-corrected chi connectivity index (χ4v) is 3.80. The second kappa shape index (κ2) is 7.18. The average Bonchev–Trinajstić information content (AvgIpc) is 2.85. The summed E-state index contributed by atoms with van der Waals surface area (Å²) in [6.45, 7) is 1.77. The highest BCUT2D eigenvalue weighted by molar-refractivity contribution is 6.35. The average molecular weight is 381 g/mol. The molecule has 7 heteroatoms. The highest BCUT2D eigenvalue weighted by Gasteiger charge is 2.50. The topological polar surface area (TPSA) is 66.5 Å². The van der Waals surface area contributed by atoms with E-state index in [4.69, 9.17) is 23.2 Å². The van der Waals surface area contributed by atoms with E-state index in [1.54, 1.807) is 25.1 Å². The summed E-state index contributed by atoms with van der Waals surface area (Å²) in [5, 5.41) is 3.69. The van der Waals surface area contributed by atoms with Gasteiger partial charge >= 0.3 is 0 Å². The number of imide groups is 1. The number of hydrogen-bond donors (Lipinski definition) is 1. The molecule has 0 unspecified atom stereocenters. The summed E-state index contributed by atoms with van der Waals surface area (Å²) in [6.07, 6.45) is 4.95. The second-order valence-electron chi connectivity index (χ2n) is 6.33. The van der Waals surface area contributed by atoms with Gasteiger partial charge in [-0.25, -0.2) is 0 Å². The molecule has 3 amide bonds. The summed E-state index contributed by atoms with van der Waals surface area (Å²) in [4.78, 5) is 38.6. The third-order valence-electron chi connectivity index (χ3n) is 4.78. The van der Waals surface area contributed by atoms with Crippen LogP contribution in [0.4, 0.5) is 0 Å². The van der Waals surface area contributed by atoms with E-state index in [0.717, 1.165) is 4.90 Å². The van der Waals surface area contributed by atoms with Gasteiger partial charge in [-0.05, 0) is 37.5 Å². The molecule has 2 aliphatic rings.